The average molecular weight is 516 g/mol. The molecule has 4 amide bonds. The van der Waals surface area contributed by atoms with E-state index < -0.39 is 0 Å². The minimum Gasteiger partial charge on any atom is -0.335 e. The molecular formula is C27H35ClFN5O2. The molecule has 2 fully saturated rings. The summed E-state index contributed by atoms with van der Waals surface area (Å²) < 4.78 is 13.4. The number of hydrogen-bond acceptors (Lipinski definition) is 3. The molecule has 0 bridgehead atoms. The number of carbonyl (C=O) groups is 2. The topological polar surface area (TPSA) is 67.9 Å². The molecule has 9 heteroatoms. The van der Waals surface area contributed by atoms with E-state index in [2.05, 4.69) is 15.5 Å². The normalized spacial score (nSPS) is 17.0. The van der Waals surface area contributed by atoms with E-state index in [1.165, 1.54) is 31.4 Å². The summed E-state index contributed by atoms with van der Waals surface area (Å²) >= 11 is 6.06. The molecule has 0 aromatic heterocycles. The summed E-state index contributed by atoms with van der Waals surface area (Å²) in [7, 11) is 0. The fourth-order valence-corrected chi connectivity index (χ4v) is 4.97. The minimum absolute atomic E-state index is 0.0420. The molecule has 194 valence electrons. The zero-order chi connectivity index (χ0) is 25.3. The summed E-state index contributed by atoms with van der Waals surface area (Å²) in [5.41, 5.74) is 1.47. The minimum atomic E-state index is -0.306. The average Bonchev–Trinajstić information content (AvgIpc) is 2.88. The molecule has 2 N–H and O–H groups in total. The van der Waals surface area contributed by atoms with Crippen LogP contribution in [-0.2, 0) is 6.54 Å². The van der Waals surface area contributed by atoms with Crippen LogP contribution >= 0.6 is 11.6 Å². The second kappa shape index (κ2) is 12.9. The van der Waals surface area contributed by atoms with Gasteiger partial charge in [-0.1, -0.05) is 49.1 Å². The molecule has 1 saturated heterocycles. The van der Waals surface area contributed by atoms with Gasteiger partial charge in [0.05, 0.1) is 0 Å². The summed E-state index contributed by atoms with van der Waals surface area (Å²) in [6.07, 6.45) is 5.80. The first-order chi connectivity index (χ1) is 17.5. The van der Waals surface area contributed by atoms with Crippen molar-refractivity contribution in [3.63, 3.8) is 0 Å². The van der Waals surface area contributed by atoms with E-state index in [0.29, 0.717) is 49.5 Å². The van der Waals surface area contributed by atoms with Crippen molar-refractivity contribution < 1.29 is 14.0 Å². The first-order valence-corrected chi connectivity index (χ1v) is 13.2. The third kappa shape index (κ3) is 7.83. The van der Waals surface area contributed by atoms with Crippen LogP contribution in [-0.4, -0.2) is 72.1 Å². The predicted octanol–water partition coefficient (Wildman–Crippen LogP) is 5.17. The summed E-state index contributed by atoms with van der Waals surface area (Å²) in [6, 6.07) is 13.3. The van der Waals surface area contributed by atoms with Gasteiger partial charge in [-0.15, -0.1) is 0 Å². The summed E-state index contributed by atoms with van der Waals surface area (Å²) in [4.78, 5) is 31.7. The lowest BCUT2D eigenvalue weighted by atomic mass is 9.96. The molecule has 1 saturated carbocycles. The Kier molecular flexibility index (Phi) is 9.41. The van der Waals surface area contributed by atoms with Crippen LogP contribution in [0.15, 0.2) is 48.5 Å². The Labute approximate surface area is 217 Å². The van der Waals surface area contributed by atoms with Crippen LogP contribution in [0, 0.1) is 5.82 Å². The second-order valence-electron chi connectivity index (χ2n) is 9.60. The zero-order valence-electron chi connectivity index (χ0n) is 20.6. The first-order valence-electron chi connectivity index (χ1n) is 12.8. The fourth-order valence-electron chi connectivity index (χ4n) is 4.78. The summed E-state index contributed by atoms with van der Waals surface area (Å²) in [6.45, 7) is 4.41. The molecule has 2 aromatic carbocycles. The number of rotatable bonds is 7. The maximum atomic E-state index is 13.4. The highest BCUT2D eigenvalue weighted by atomic mass is 35.5. The lowest BCUT2D eigenvalue weighted by molar-refractivity contribution is 0.127. The lowest BCUT2D eigenvalue weighted by Crippen LogP contribution is -2.54. The van der Waals surface area contributed by atoms with Gasteiger partial charge in [0.2, 0.25) is 0 Å². The lowest BCUT2D eigenvalue weighted by Gasteiger charge is -2.37. The molecule has 1 aliphatic carbocycles. The maximum absolute atomic E-state index is 13.4. The van der Waals surface area contributed by atoms with Gasteiger partial charge in [-0.3, -0.25) is 4.90 Å². The number of piperazine rings is 1. The van der Waals surface area contributed by atoms with Crippen molar-refractivity contribution in [2.24, 2.45) is 0 Å². The fraction of sp³-hybridized carbons (Fsp3) is 0.481. The quantitative estimate of drug-likeness (QED) is 0.534. The zero-order valence-corrected chi connectivity index (χ0v) is 21.4. The van der Waals surface area contributed by atoms with E-state index in [1.807, 2.05) is 4.90 Å². The Hall–Kier alpha value is -2.84. The molecule has 2 aromatic rings. The van der Waals surface area contributed by atoms with Crippen LogP contribution in [0.25, 0.3) is 0 Å². The first kappa shape index (κ1) is 26.2. The number of nitrogens with one attached hydrogen (secondary N) is 2. The smallest absolute Gasteiger partial charge is 0.322 e. The van der Waals surface area contributed by atoms with Crippen LogP contribution < -0.4 is 10.6 Å². The molecule has 0 spiro atoms. The van der Waals surface area contributed by atoms with E-state index in [4.69, 9.17) is 11.6 Å². The number of anilines is 1. The maximum Gasteiger partial charge on any atom is 0.322 e. The van der Waals surface area contributed by atoms with Crippen molar-refractivity contribution in [3.05, 3.63) is 64.9 Å². The molecule has 36 heavy (non-hydrogen) atoms. The third-order valence-corrected chi connectivity index (χ3v) is 7.16. The van der Waals surface area contributed by atoms with Gasteiger partial charge >= 0.3 is 12.1 Å². The van der Waals surface area contributed by atoms with Crippen molar-refractivity contribution in [1.29, 1.82) is 0 Å². The van der Waals surface area contributed by atoms with Crippen LogP contribution in [0.2, 0.25) is 5.02 Å². The molecule has 2 aliphatic rings. The van der Waals surface area contributed by atoms with Gasteiger partial charge < -0.3 is 20.4 Å². The van der Waals surface area contributed by atoms with Crippen molar-refractivity contribution in [2.45, 2.75) is 44.7 Å². The number of hydrogen-bond donors (Lipinski definition) is 2. The van der Waals surface area contributed by atoms with Gasteiger partial charge in [0.1, 0.15) is 5.82 Å². The highest BCUT2D eigenvalue weighted by molar-refractivity contribution is 6.30. The monoisotopic (exact) mass is 515 g/mol. The molecule has 0 radical (unpaired) electrons. The number of halogens is 2. The summed E-state index contributed by atoms with van der Waals surface area (Å²) in [5, 5.41) is 6.65. The predicted molar refractivity (Wildman–Crippen MR) is 141 cm³/mol. The van der Waals surface area contributed by atoms with Crippen LogP contribution in [0.1, 0.15) is 37.7 Å². The number of nitrogens with zero attached hydrogens (tertiary/aromatic N) is 3. The standard InChI is InChI=1S/C27H35ClFN5O2/c28-22-5-4-8-25(19-22)31-27(36)34(20-21-9-11-23(29)12-10-21)18-15-32-13-16-33(17-14-32)26(35)30-24-6-2-1-3-7-24/h4-5,8-12,19,24H,1-3,6-7,13-18,20H2,(H,30,35)(H,31,36). The number of carbonyl (C=O) groups excluding carboxylic acids is 2. The van der Waals surface area contributed by atoms with Gasteiger partial charge in [-0.2, -0.15) is 0 Å². The van der Waals surface area contributed by atoms with E-state index in [-0.39, 0.29) is 17.9 Å². The summed E-state index contributed by atoms with van der Waals surface area (Å²) in [5.74, 6) is -0.306. The Morgan fingerprint density at radius 1 is 1.00 bits per heavy atom. The molecular weight excluding hydrogens is 481 g/mol. The van der Waals surface area contributed by atoms with E-state index >= 15 is 0 Å². The highest BCUT2D eigenvalue weighted by Gasteiger charge is 2.24. The largest absolute Gasteiger partial charge is 0.335 e. The second-order valence-corrected chi connectivity index (χ2v) is 10.0. The van der Waals surface area contributed by atoms with Gasteiger partial charge in [0.15, 0.2) is 0 Å². The van der Waals surface area contributed by atoms with Gasteiger partial charge in [0, 0.05) is 62.6 Å². The van der Waals surface area contributed by atoms with Crippen molar-refractivity contribution in [1.82, 2.24) is 20.0 Å². The Balaban J connectivity index is 1.30. The Morgan fingerprint density at radius 2 is 1.72 bits per heavy atom. The van der Waals surface area contributed by atoms with Gasteiger partial charge in [0.25, 0.3) is 0 Å². The Bertz CT molecular complexity index is 1010. The molecule has 4 rings (SSSR count). The van der Waals surface area contributed by atoms with Crippen molar-refractivity contribution in [2.75, 3.05) is 44.6 Å². The van der Waals surface area contributed by atoms with E-state index in [9.17, 15) is 14.0 Å². The number of amides is 4. The molecule has 7 nitrogen and oxygen atoms in total. The van der Waals surface area contributed by atoms with Crippen LogP contribution in [0.3, 0.4) is 0 Å². The van der Waals surface area contributed by atoms with Crippen molar-refractivity contribution >= 4 is 29.4 Å². The molecule has 0 unspecified atom stereocenters. The third-order valence-electron chi connectivity index (χ3n) is 6.93. The van der Waals surface area contributed by atoms with Crippen LogP contribution in [0.5, 0.6) is 0 Å². The number of urea groups is 2. The van der Waals surface area contributed by atoms with Crippen molar-refractivity contribution in [3.8, 4) is 0 Å². The SMILES string of the molecule is O=C(Nc1cccc(Cl)c1)N(CCN1CCN(C(=O)NC2CCCCC2)CC1)Cc1ccc(F)cc1. The van der Waals surface area contributed by atoms with Gasteiger partial charge in [-0.05, 0) is 48.7 Å². The van der Waals surface area contributed by atoms with E-state index in [1.54, 1.807) is 41.3 Å². The Morgan fingerprint density at radius 3 is 2.42 bits per heavy atom. The van der Waals surface area contributed by atoms with Crippen LogP contribution in [0.4, 0.5) is 19.7 Å². The molecule has 0 atom stereocenters. The van der Waals surface area contributed by atoms with E-state index in [0.717, 1.165) is 31.5 Å². The molecule has 1 heterocycles. The highest BCUT2D eigenvalue weighted by Crippen LogP contribution is 2.18. The van der Waals surface area contributed by atoms with Gasteiger partial charge in [-0.25, -0.2) is 14.0 Å². The number of benzene rings is 2. The molecule has 1 aliphatic heterocycles.